The average Bonchev–Trinajstić information content (AvgIpc) is 3.37. The monoisotopic (exact) mass is 993 g/mol. The molecule has 0 aliphatic heterocycles. The van der Waals surface area contributed by atoms with Gasteiger partial charge < -0.3 is 14.2 Å². The third-order valence-corrected chi connectivity index (χ3v) is 13.5. The molecule has 0 aliphatic carbocycles. The van der Waals surface area contributed by atoms with Crippen molar-refractivity contribution in [3.05, 3.63) is 60.8 Å². The molecule has 0 saturated carbocycles. The number of esters is 3. The number of unbranched alkanes of at least 4 members (excludes halogenated alkanes) is 35. The fraction of sp³-hybridized carbons (Fsp3) is 0.800. The van der Waals surface area contributed by atoms with Crippen molar-refractivity contribution in [2.75, 3.05) is 13.2 Å². The molecule has 0 heterocycles. The summed E-state index contributed by atoms with van der Waals surface area (Å²) in [4.78, 5) is 38.2. The first kappa shape index (κ1) is 68.1. The Balaban J connectivity index is 4.32. The van der Waals surface area contributed by atoms with E-state index in [1.54, 1.807) is 0 Å². The highest BCUT2D eigenvalue weighted by molar-refractivity contribution is 5.71. The molecule has 0 N–H and O–H groups in total. The second-order valence-electron chi connectivity index (χ2n) is 20.6. The molecular weight excluding hydrogens is 877 g/mol. The molecule has 1 atom stereocenters. The molecule has 6 heteroatoms. The van der Waals surface area contributed by atoms with E-state index in [1.165, 1.54) is 205 Å². The summed E-state index contributed by atoms with van der Waals surface area (Å²) in [5.74, 6) is -0.963. The lowest BCUT2D eigenvalue weighted by Gasteiger charge is -2.18. The van der Waals surface area contributed by atoms with E-state index in [4.69, 9.17) is 14.2 Å². The maximum atomic E-state index is 12.9. The van der Waals surface area contributed by atoms with Crippen LogP contribution < -0.4 is 0 Å². The topological polar surface area (TPSA) is 78.9 Å². The molecular formula is C65H116O6. The number of carbonyl (C=O) groups is 3. The second-order valence-corrected chi connectivity index (χ2v) is 20.6. The number of hydrogen-bond donors (Lipinski definition) is 0. The third kappa shape index (κ3) is 57.9. The maximum absolute atomic E-state index is 12.9. The highest BCUT2D eigenvalue weighted by Gasteiger charge is 2.19. The first-order valence-corrected chi connectivity index (χ1v) is 30.8. The zero-order chi connectivity index (χ0) is 51.4. The Morgan fingerprint density at radius 3 is 0.944 bits per heavy atom. The van der Waals surface area contributed by atoms with Gasteiger partial charge in [-0.25, -0.2) is 0 Å². The molecule has 0 aromatic carbocycles. The first-order valence-electron chi connectivity index (χ1n) is 30.8. The Bertz CT molecular complexity index is 1280. The van der Waals surface area contributed by atoms with Crippen LogP contribution in [-0.2, 0) is 28.6 Å². The zero-order valence-corrected chi connectivity index (χ0v) is 47.2. The molecule has 1 unspecified atom stereocenters. The summed E-state index contributed by atoms with van der Waals surface area (Å²) >= 11 is 0. The van der Waals surface area contributed by atoms with Crippen molar-refractivity contribution in [2.24, 2.45) is 0 Å². The Labute approximate surface area is 440 Å². The van der Waals surface area contributed by atoms with Crippen LogP contribution in [0.2, 0.25) is 0 Å². The predicted octanol–water partition coefficient (Wildman–Crippen LogP) is 20.8. The van der Waals surface area contributed by atoms with E-state index in [2.05, 4.69) is 75.5 Å². The molecule has 0 saturated heterocycles. The molecule has 412 valence electrons. The fourth-order valence-corrected chi connectivity index (χ4v) is 8.92. The van der Waals surface area contributed by atoms with Gasteiger partial charge in [-0.2, -0.15) is 0 Å². The molecule has 0 spiro atoms. The van der Waals surface area contributed by atoms with E-state index in [-0.39, 0.29) is 37.5 Å². The van der Waals surface area contributed by atoms with Gasteiger partial charge in [-0.3, -0.25) is 14.4 Å². The average molecular weight is 994 g/mol. The molecule has 0 rings (SSSR count). The minimum atomic E-state index is -0.801. The van der Waals surface area contributed by atoms with Crippen LogP contribution in [0.25, 0.3) is 0 Å². The van der Waals surface area contributed by atoms with Crippen LogP contribution in [0.1, 0.15) is 316 Å². The number of rotatable bonds is 56. The smallest absolute Gasteiger partial charge is 0.306 e. The van der Waals surface area contributed by atoms with Crippen LogP contribution in [0, 0.1) is 0 Å². The van der Waals surface area contributed by atoms with Crippen molar-refractivity contribution in [3.8, 4) is 0 Å². The number of hydrogen-bond acceptors (Lipinski definition) is 6. The van der Waals surface area contributed by atoms with Crippen LogP contribution in [0.5, 0.6) is 0 Å². The highest BCUT2D eigenvalue weighted by atomic mass is 16.6. The minimum Gasteiger partial charge on any atom is -0.462 e. The van der Waals surface area contributed by atoms with Gasteiger partial charge in [-0.1, -0.05) is 287 Å². The summed E-state index contributed by atoms with van der Waals surface area (Å²) in [6.45, 7) is 6.50. The summed E-state index contributed by atoms with van der Waals surface area (Å²) in [5.41, 5.74) is 0. The Morgan fingerprint density at radius 1 is 0.296 bits per heavy atom. The SMILES string of the molecule is CC/C=C\C/C=C\C/C=C\C/C=C\CCC(=O)OCC(COC(=O)CCCCCCCCCCCCC/C=C\CCCCCCCCCC)OC(=O)CCCCCCCCCCCCCCCCCCC. The summed E-state index contributed by atoms with van der Waals surface area (Å²) in [5, 5.41) is 0. The van der Waals surface area contributed by atoms with Crippen molar-refractivity contribution >= 4 is 17.9 Å². The summed E-state index contributed by atoms with van der Waals surface area (Å²) in [6, 6.07) is 0. The van der Waals surface area contributed by atoms with E-state index in [0.717, 1.165) is 64.2 Å². The van der Waals surface area contributed by atoms with E-state index in [0.29, 0.717) is 19.3 Å². The Kier molecular flexibility index (Phi) is 57.2. The second kappa shape index (κ2) is 59.7. The van der Waals surface area contributed by atoms with Gasteiger partial charge in [-0.15, -0.1) is 0 Å². The van der Waals surface area contributed by atoms with Gasteiger partial charge in [0.1, 0.15) is 13.2 Å². The number of ether oxygens (including phenoxy) is 3. The molecule has 0 aliphatic rings. The molecule has 0 fully saturated rings. The molecule has 0 bridgehead atoms. The largest absolute Gasteiger partial charge is 0.462 e. The van der Waals surface area contributed by atoms with Gasteiger partial charge in [0, 0.05) is 19.3 Å². The van der Waals surface area contributed by atoms with Crippen LogP contribution >= 0.6 is 0 Å². The predicted molar refractivity (Wildman–Crippen MR) is 307 cm³/mol. The van der Waals surface area contributed by atoms with Gasteiger partial charge in [0.15, 0.2) is 6.10 Å². The minimum absolute atomic E-state index is 0.0934. The van der Waals surface area contributed by atoms with Crippen LogP contribution in [0.3, 0.4) is 0 Å². The normalized spacial score (nSPS) is 12.4. The molecule has 71 heavy (non-hydrogen) atoms. The number of carbonyl (C=O) groups excluding carboxylic acids is 3. The lowest BCUT2D eigenvalue weighted by molar-refractivity contribution is -0.166. The van der Waals surface area contributed by atoms with Crippen molar-refractivity contribution in [3.63, 3.8) is 0 Å². The molecule has 0 amide bonds. The van der Waals surface area contributed by atoms with Crippen LogP contribution in [0.15, 0.2) is 60.8 Å². The quantitative estimate of drug-likeness (QED) is 0.0261. The van der Waals surface area contributed by atoms with Crippen molar-refractivity contribution in [1.29, 1.82) is 0 Å². The molecule has 0 radical (unpaired) electrons. The summed E-state index contributed by atoms with van der Waals surface area (Å²) in [7, 11) is 0. The fourth-order valence-electron chi connectivity index (χ4n) is 8.92. The van der Waals surface area contributed by atoms with E-state index in [1.807, 2.05) is 6.08 Å². The first-order chi connectivity index (χ1) is 35.0. The van der Waals surface area contributed by atoms with Crippen LogP contribution in [-0.4, -0.2) is 37.2 Å². The van der Waals surface area contributed by atoms with Gasteiger partial charge >= 0.3 is 17.9 Å². The van der Waals surface area contributed by atoms with Crippen LogP contribution in [0.4, 0.5) is 0 Å². The van der Waals surface area contributed by atoms with Crippen molar-refractivity contribution in [1.82, 2.24) is 0 Å². The lowest BCUT2D eigenvalue weighted by atomic mass is 10.0. The van der Waals surface area contributed by atoms with E-state index < -0.39 is 6.10 Å². The van der Waals surface area contributed by atoms with Gasteiger partial charge in [0.25, 0.3) is 0 Å². The third-order valence-electron chi connectivity index (χ3n) is 13.5. The van der Waals surface area contributed by atoms with Gasteiger partial charge in [0.2, 0.25) is 0 Å². The number of allylic oxidation sites excluding steroid dienone is 10. The molecule has 6 nitrogen and oxygen atoms in total. The van der Waals surface area contributed by atoms with Gasteiger partial charge in [-0.05, 0) is 70.6 Å². The summed E-state index contributed by atoms with van der Waals surface area (Å²) < 4.78 is 16.8. The van der Waals surface area contributed by atoms with Crippen molar-refractivity contribution in [2.45, 2.75) is 322 Å². The van der Waals surface area contributed by atoms with E-state index >= 15 is 0 Å². The Hall–Kier alpha value is -2.89. The lowest BCUT2D eigenvalue weighted by Crippen LogP contribution is -2.30. The standard InChI is InChI=1S/C65H116O6/c1-4-7-10-13-16-19-22-25-27-29-30-31-32-33-34-36-37-40-43-46-49-52-55-58-64(67)70-61-62(60-69-63(66)57-54-51-48-45-42-39-24-21-18-15-12-9-6-3)71-65(68)59-56-53-50-47-44-41-38-35-28-26-23-20-17-14-11-8-5-2/h9,12,18,21,29-30,39,42,48,51,62H,4-8,10-11,13-17,19-20,22-28,31-38,40-41,43-47,49-50,52-61H2,1-3H3/b12-9-,21-18-,30-29-,42-39-,51-48-. The van der Waals surface area contributed by atoms with Crippen molar-refractivity contribution < 1.29 is 28.6 Å². The van der Waals surface area contributed by atoms with Gasteiger partial charge in [0.05, 0.1) is 0 Å². The highest BCUT2D eigenvalue weighted by Crippen LogP contribution is 2.17. The Morgan fingerprint density at radius 2 is 0.577 bits per heavy atom. The maximum Gasteiger partial charge on any atom is 0.306 e. The van der Waals surface area contributed by atoms with E-state index in [9.17, 15) is 14.4 Å². The molecule has 0 aromatic heterocycles. The zero-order valence-electron chi connectivity index (χ0n) is 47.2. The summed E-state index contributed by atoms with van der Waals surface area (Å²) in [6.07, 6.45) is 75.3. The molecule has 0 aromatic rings.